The molecule has 0 saturated heterocycles. The van der Waals surface area contributed by atoms with Gasteiger partial charge in [-0.1, -0.05) is 53.5 Å². The van der Waals surface area contributed by atoms with Crippen LogP contribution in [-0.2, 0) is 11.2 Å². The predicted octanol–water partition coefficient (Wildman–Crippen LogP) is 2.96. The summed E-state index contributed by atoms with van der Waals surface area (Å²) in [7, 11) is 0. The van der Waals surface area contributed by atoms with E-state index in [2.05, 4.69) is 15.3 Å². The summed E-state index contributed by atoms with van der Waals surface area (Å²) in [5.74, 6) is 0.00969. The molecule has 6 heteroatoms. The summed E-state index contributed by atoms with van der Waals surface area (Å²) < 4.78 is 0. The van der Waals surface area contributed by atoms with Crippen LogP contribution in [-0.4, -0.2) is 15.9 Å². The van der Waals surface area contributed by atoms with Crippen LogP contribution in [0.2, 0.25) is 10.2 Å². The topological polar surface area (TPSA) is 54.9 Å². The molecule has 0 aliphatic carbocycles. The molecule has 0 spiro atoms. The first kappa shape index (κ1) is 12.8. The van der Waals surface area contributed by atoms with Gasteiger partial charge in [0.1, 0.15) is 11.3 Å². The van der Waals surface area contributed by atoms with Crippen molar-refractivity contribution in [1.82, 2.24) is 9.97 Å². The molecule has 0 saturated carbocycles. The van der Waals surface area contributed by atoms with E-state index in [1.807, 2.05) is 30.3 Å². The lowest BCUT2D eigenvalue weighted by Gasteiger charge is -2.06. The van der Waals surface area contributed by atoms with Gasteiger partial charge in [-0.25, -0.2) is 9.97 Å². The van der Waals surface area contributed by atoms with Gasteiger partial charge < -0.3 is 5.32 Å². The molecule has 0 atom stereocenters. The number of hydrogen-bond donors (Lipinski definition) is 1. The van der Waals surface area contributed by atoms with E-state index in [-0.39, 0.29) is 28.3 Å². The quantitative estimate of drug-likeness (QED) is 0.880. The Morgan fingerprint density at radius 2 is 1.89 bits per heavy atom. The smallest absolute Gasteiger partial charge is 0.229 e. The van der Waals surface area contributed by atoms with E-state index in [0.717, 1.165) is 5.56 Å². The average Bonchev–Trinajstić information content (AvgIpc) is 2.36. The van der Waals surface area contributed by atoms with Crippen molar-refractivity contribution in [3.63, 3.8) is 0 Å². The highest BCUT2D eigenvalue weighted by molar-refractivity contribution is 6.42. The number of nitrogens with zero attached hydrogens (tertiary/aromatic N) is 2. The third-order valence-electron chi connectivity index (χ3n) is 2.21. The number of rotatable bonds is 3. The van der Waals surface area contributed by atoms with Crippen LogP contribution < -0.4 is 5.32 Å². The number of carbonyl (C=O) groups is 1. The van der Waals surface area contributed by atoms with Crippen molar-refractivity contribution in [2.45, 2.75) is 6.42 Å². The first-order chi connectivity index (χ1) is 8.66. The van der Waals surface area contributed by atoms with Crippen molar-refractivity contribution < 1.29 is 4.79 Å². The lowest BCUT2D eigenvalue weighted by Crippen LogP contribution is -2.15. The number of benzene rings is 1. The van der Waals surface area contributed by atoms with Crippen LogP contribution in [0.15, 0.2) is 36.7 Å². The molecule has 1 heterocycles. The van der Waals surface area contributed by atoms with Crippen LogP contribution in [0.5, 0.6) is 0 Å². The molecule has 1 aromatic heterocycles. The molecule has 92 valence electrons. The monoisotopic (exact) mass is 281 g/mol. The zero-order valence-corrected chi connectivity index (χ0v) is 10.7. The standard InChI is InChI=1S/C12H9Cl2N3O/c13-10-11(14)15-7-16-12(10)17-9(18)6-8-4-2-1-3-5-8/h1-5,7H,6H2,(H,15,16,17,18). The Hall–Kier alpha value is -1.65. The number of halogens is 2. The second-order valence-corrected chi connectivity index (χ2v) is 4.27. The molecular formula is C12H9Cl2N3O. The minimum Gasteiger partial charge on any atom is -0.309 e. The summed E-state index contributed by atoms with van der Waals surface area (Å²) in [5.41, 5.74) is 0.909. The summed E-state index contributed by atoms with van der Waals surface area (Å²) in [6.45, 7) is 0. The van der Waals surface area contributed by atoms with Crippen LogP contribution in [0, 0.1) is 0 Å². The van der Waals surface area contributed by atoms with Gasteiger partial charge in [0.25, 0.3) is 0 Å². The fourth-order valence-electron chi connectivity index (χ4n) is 1.39. The first-order valence-corrected chi connectivity index (χ1v) is 5.92. The molecule has 0 aliphatic heterocycles. The summed E-state index contributed by atoms with van der Waals surface area (Å²) >= 11 is 11.6. The van der Waals surface area contributed by atoms with Gasteiger partial charge >= 0.3 is 0 Å². The zero-order valence-electron chi connectivity index (χ0n) is 9.23. The average molecular weight is 282 g/mol. The minimum atomic E-state index is -0.210. The highest BCUT2D eigenvalue weighted by Gasteiger charge is 2.10. The van der Waals surface area contributed by atoms with E-state index >= 15 is 0 Å². The van der Waals surface area contributed by atoms with E-state index < -0.39 is 0 Å². The van der Waals surface area contributed by atoms with Crippen LogP contribution >= 0.6 is 23.2 Å². The van der Waals surface area contributed by atoms with E-state index in [9.17, 15) is 4.79 Å². The molecule has 1 aromatic carbocycles. The molecule has 0 bridgehead atoms. The third kappa shape index (κ3) is 3.18. The summed E-state index contributed by atoms with van der Waals surface area (Å²) in [5, 5.41) is 2.85. The maximum atomic E-state index is 11.8. The van der Waals surface area contributed by atoms with Crippen molar-refractivity contribution in [1.29, 1.82) is 0 Å². The zero-order chi connectivity index (χ0) is 13.0. The van der Waals surface area contributed by atoms with Crippen molar-refractivity contribution in [2.75, 3.05) is 5.32 Å². The molecular weight excluding hydrogens is 273 g/mol. The summed E-state index contributed by atoms with van der Waals surface area (Å²) in [6.07, 6.45) is 1.49. The maximum absolute atomic E-state index is 11.8. The molecule has 0 fully saturated rings. The van der Waals surface area contributed by atoms with Gasteiger partial charge in [0, 0.05) is 0 Å². The summed E-state index contributed by atoms with van der Waals surface area (Å²) in [6, 6.07) is 9.37. The highest BCUT2D eigenvalue weighted by atomic mass is 35.5. The Labute approximate surface area is 114 Å². The number of aromatic nitrogens is 2. The Morgan fingerprint density at radius 3 is 2.61 bits per heavy atom. The van der Waals surface area contributed by atoms with E-state index in [0.29, 0.717) is 0 Å². The largest absolute Gasteiger partial charge is 0.309 e. The van der Waals surface area contributed by atoms with Gasteiger partial charge in [-0.2, -0.15) is 0 Å². The number of amides is 1. The Morgan fingerprint density at radius 1 is 1.17 bits per heavy atom. The Balaban J connectivity index is 2.06. The van der Waals surface area contributed by atoms with Gasteiger partial charge in [0.05, 0.1) is 6.42 Å². The predicted molar refractivity (Wildman–Crippen MR) is 70.8 cm³/mol. The fourth-order valence-corrected chi connectivity index (χ4v) is 1.67. The Bertz CT molecular complexity index is 561. The van der Waals surface area contributed by atoms with Gasteiger partial charge in [0.15, 0.2) is 11.0 Å². The molecule has 18 heavy (non-hydrogen) atoms. The van der Waals surface area contributed by atoms with Crippen molar-refractivity contribution in [2.24, 2.45) is 0 Å². The van der Waals surface area contributed by atoms with Gasteiger partial charge in [0.2, 0.25) is 5.91 Å². The van der Waals surface area contributed by atoms with E-state index in [1.54, 1.807) is 0 Å². The van der Waals surface area contributed by atoms with Crippen molar-refractivity contribution in [3.05, 3.63) is 52.4 Å². The number of hydrogen-bond acceptors (Lipinski definition) is 3. The first-order valence-electron chi connectivity index (χ1n) is 5.16. The Kier molecular flexibility index (Phi) is 4.12. The van der Waals surface area contributed by atoms with Crippen LogP contribution in [0.3, 0.4) is 0 Å². The number of carbonyl (C=O) groups excluding carboxylic acids is 1. The molecule has 2 aromatic rings. The molecule has 0 aliphatic rings. The second kappa shape index (κ2) is 5.80. The van der Waals surface area contributed by atoms with Gasteiger partial charge in [-0.3, -0.25) is 4.79 Å². The molecule has 1 amide bonds. The molecule has 2 rings (SSSR count). The second-order valence-electron chi connectivity index (χ2n) is 3.54. The lowest BCUT2D eigenvalue weighted by molar-refractivity contribution is -0.115. The highest BCUT2D eigenvalue weighted by Crippen LogP contribution is 2.25. The van der Waals surface area contributed by atoms with Crippen LogP contribution in [0.4, 0.5) is 5.82 Å². The van der Waals surface area contributed by atoms with E-state index in [1.165, 1.54) is 6.33 Å². The van der Waals surface area contributed by atoms with Crippen molar-refractivity contribution in [3.8, 4) is 0 Å². The van der Waals surface area contributed by atoms with Crippen LogP contribution in [0.1, 0.15) is 5.56 Å². The van der Waals surface area contributed by atoms with Crippen molar-refractivity contribution >= 4 is 34.9 Å². The lowest BCUT2D eigenvalue weighted by atomic mass is 10.1. The van der Waals surface area contributed by atoms with Crippen LogP contribution in [0.25, 0.3) is 0 Å². The van der Waals surface area contributed by atoms with Gasteiger partial charge in [-0.15, -0.1) is 0 Å². The number of nitrogens with one attached hydrogen (secondary N) is 1. The molecule has 4 nitrogen and oxygen atoms in total. The maximum Gasteiger partial charge on any atom is 0.229 e. The minimum absolute atomic E-state index is 0.113. The molecule has 1 N–H and O–H groups in total. The number of anilines is 1. The van der Waals surface area contributed by atoms with E-state index in [4.69, 9.17) is 23.2 Å². The van der Waals surface area contributed by atoms with Gasteiger partial charge in [-0.05, 0) is 5.56 Å². The molecule has 0 unspecified atom stereocenters. The normalized spacial score (nSPS) is 10.1. The SMILES string of the molecule is O=C(Cc1ccccc1)Nc1ncnc(Cl)c1Cl. The summed E-state index contributed by atoms with van der Waals surface area (Å²) in [4.78, 5) is 19.3. The third-order valence-corrected chi connectivity index (χ3v) is 2.95. The fraction of sp³-hybridized carbons (Fsp3) is 0.0833. The molecule has 0 radical (unpaired) electrons.